The Morgan fingerprint density at radius 2 is 2.36 bits per heavy atom. The van der Waals surface area contributed by atoms with Crippen LogP contribution in [0.15, 0.2) is 0 Å². The summed E-state index contributed by atoms with van der Waals surface area (Å²) in [6.07, 6.45) is 2.66. The fraction of sp³-hybridized carbons (Fsp3) is 0.875. The molecule has 3 heteroatoms. The fourth-order valence-corrected chi connectivity index (χ4v) is 1.47. The first-order valence-corrected chi connectivity index (χ1v) is 4.19. The second-order valence-corrected chi connectivity index (χ2v) is 3.03. The zero-order valence-corrected chi connectivity index (χ0v) is 7.14. The molecule has 1 heterocycles. The summed E-state index contributed by atoms with van der Waals surface area (Å²) < 4.78 is 5.19. The zero-order valence-electron chi connectivity index (χ0n) is 7.14. The van der Waals surface area contributed by atoms with Gasteiger partial charge in [0.2, 0.25) is 0 Å². The largest absolute Gasteiger partial charge is 0.441 e. The topological polar surface area (TPSA) is 38.3 Å². The van der Waals surface area contributed by atoms with Crippen LogP contribution in [0.25, 0.3) is 0 Å². The van der Waals surface area contributed by atoms with Gasteiger partial charge < -0.3 is 10.1 Å². The Morgan fingerprint density at radius 1 is 1.64 bits per heavy atom. The van der Waals surface area contributed by atoms with Crippen LogP contribution in [0.3, 0.4) is 0 Å². The van der Waals surface area contributed by atoms with Gasteiger partial charge in [-0.05, 0) is 12.8 Å². The van der Waals surface area contributed by atoms with Crippen LogP contribution in [0.4, 0.5) is 4.79 Å². The number of rotatable bonds is 3. The highest BCUT2D eigenvalue weighted by Gasteiger charge is 2.37. The van der Waals surface area contributed by atoms with Crippen LogP contribution in [0.5, 0.6) is 0 Å². The van der Waals surface area contributed by atoms with Gasteiger partial charge in [0.15, 0.2) is 0 Å². The summed E-state index contributed by atoms with van der Waals surface area (Å²) in [5.41, 5.74) is -0.203. The predicted octanol–water partition coefficient (Wildman–Crippen LogP) is 1.68. The third kappa shape index (κ3) is 1.64. The number of alkyl carbamates (subject to hydrolysis) is 1. The van der Waals surface area contributed by atoms with Crippen molar-refractivity contribution in [2.24, 2.45) is 0 Å². The average molecular weight is 157 g/mol. The van der Waals surface area contributed by atoms with Crippen molar-refractivity contribution in [2.75, 3.05) is 6.54 Å². The fourth-order valence-electron chi connectivity index (χ4n) is 1.47. The third-order valence-electron chi connectivity index (χ3n) is 2.21. The van der Waals surface area contributed by atoms with Crippen LogP contribution in [-0.2, 0) is 4.74 Å². The van der Waals surface area contributed by atoms with Gasteiger partial charge in [0, 0.05) is 0 Å². The van der Waals surface area contributed by atoms with Crippen molar-refractivity contribution in [1.82, 2.24) is 5.32 Å². The summed E-state index contributed by atoms with van der Waals surface area (Å²) in [5, 5.41) is 2.68. The maximum atomic E-state index is 10.8. The molecule has 0 aliphatic carbocycles. The smallest absolute Gasteiger partial charge is 0.407 e. The molecule has 1 fully saturated rings. The first-order chi connectivity index (χ1) is 5.22. The molecule has 1 atom stereocenters. The molecule has 1 unspecified atom stereocenters. The van der Waals surface area contributed by atoms with E-state index in [2.05, 4.69) is 19.2 Å². The predicted molar refractivity (Wildman–Crippen MR) is 42.4 cm³/mol. The molecule has 0 aromatic carbocycles. The monoisotopic (exact) mass is 157 g/mol. The van der Waals surface area contributed by atoms with E-state index in [-0.39, 0.29) is 11.7 Å². The molecule has 0 aromatic rings. The molecule has 0 spiro atoms. The van der Waals surface area contributed by atoms with E-state index in [0.29, 0.717) is 6.54 Å². The molecule has 0 bridgehead atoms. The number of amides is 1. The number of ether oxygens (including phenoxy) is 1. The van der Waals surface area contributed by atoms with Gasteiger partial charge in [0.1, 0.15) is 5.60 Å². The van der Waals surface area contributed by atoms with Crippen molar-refractivity contribution < 1.29 is 9.53 Å². The van der Waals surface area contributed by atoms with Crippen molar-refractivity contribution in [3.8, 4) is 0 Å². The molecule has 1 amide bonds. The summed E-state index contributed by atoms with van der Waals surface area (Å²) in [4.78, 5) is 10.8. The highest BCUT2D eigenvalue weighted by atomic mass is 16.6. The van der Waals surface area contributed by atoms with E-state index in [0.717, 1.165) is 19.3 Å². The SMILES string of the molecule is CCCC1(CC)CNC(=O)O1. The van der Waals surface area contributed by atoms with Crippen LogP contribution >= 0.6 is 0 Å². The Bertz CT molecular complexity index is 158. The van der Waals surface area contributed by atoms with Crippen molar-refractivity contribution in [3.05, 3.63) is 0 Å². The van der Waals surface area contributed by atoms with E-state index in [1.54, 1.807) is 0 Å². The third-order valence-corrected chi connectivity index (χ3v) is 2.21. The van der Waals surface area contributed by atoms with Crippen molar-refractivity contribution in [3.63, 3.8) is 0 Å². The Morgan fingerprint density at radius 3 is 2.73 bits per heavy atom. The average Bonchev–Trinajstić information content (AvgIpc) is 2.34. The van der Waals surface area contributed by atoms with Crippen molar-refractivity contribution in [1.29, 1.82) is 0 Å². The normalized spacial score (nSPS) is 29.8. The number of hydrogen-bond donors (Lipinski definition) is 1. The highest BCUT2D eigenvalue weighted by Crippen LogP contribution is 2.25. The standard InChI is InChI=1S/C8H15NO2/c1-3-5-8(4-2)6-9-7(10)11-8/h3-6H2,1-2H3,(H,9,10). The quantitative estimate of drug-likeness (QED) is 0.676. The Labute approximate surface area is 67.1 Å². The highest BCUT2D eigenvalue weighted by molar-refractivity contribution is 5.70. The molecular weight excluding hydrogens is 142 g/mol. The maximum absolute atomic E-state index is 10.8. The molecule has 1 N–H and O–H groups in total. The van der Waals surface area contributed by atoms with Crippen LogP contribution in [0, 0.1) is 0 Å². The molecule has 1 aliphatic heterocycles. The van der Waals surface area contributed by atoms with E-state index in [1.165, 1.54) is 0 Å². The van der Waals surface area contributed by atoms with Gasteiger partial charge in [-0.15, -0.1) is 0 Å². The van der Waals surface area contributed by atoms with Gasteiger partial charge in [-0.3, -0.25) is 0 Å². The maximum Gasteiger partial charge on any atom is 0.407 e. The van der Waals surface area contributed by atoms with E-state index < -0.39 is 0 Å². The van der Waals surface area contributed by atoms with Crippen LogP contribution < -0.4 is 5.32 Å². The van der Waals surface area contributed by atoms with E-state index in [4.69, 9.17) is 4.74 Å². The zero-order chi connectivity index (χ0) is 8.32. The van der Waals surface area contributed by atoms with Gasteiger partial charge in [0.25, 0.3) is 0 Å². The minimum atomic E-state index is -0.264. The van der Waals surface area contributed by atoms with Crippen LogP contribution in [0.2, 0.25) is 0 Å². The second-order valence-electron chi connectivity index (χ2n) is 3.03. The minimum absolute atomic E-state index is 0.203. The lowest BCUT2D eigenvalue weighted by Gasteiger charge is -2.23. The van der Waals surface area contributed by atoms with Crippen LogP contribution in [-0.4, -0.2) is 18.2 Å². The van der Waals surface area contributed by atoms with Gasteiger partial charge >= 0.3 is 6.09 Å². The van der Waals surface area contributed by atoms with E-state index in [9.17, 15) is 4.79 Å². The Hall–Kier alpha value is -0.730. The molecular formula is C8H15NO2. The van der Waals surface area contributed by atoms with Crippen molar-refractivity contribution >= 4 is 6.09 Å². The molecule has 1 aliphatic rings. The van der Waals surface area contributed by atoms with E-state index >= 15 is 0 Å². The molecule has 0 aromatic heterocycles. The molecule has 0 radical (unpaired) electrons. The number of carbonyl (C=O) groups is 1. The summed E-state index contributed by atoms with van der Waals surface area (Å²) in [6.45, 7) is 4.83. The number of nitrogens with one attached hydrogen (secondary N) is 1. The molecule has 3 nitrogen and oxygen atoms in total. The van der Waals surface area contributed by atoms with E-state index in [1.807, 2.05) is 0 Å². The molecule has 64 valence electrons. The first-order valence-electron chi connectivity index (χ1n) is 4.19. The molecule has 1 saturated heterocycles. The summed E-state index contributed by atoms with van der Waals surface area (Å²) in [6, 6.07) is 0. The minimum Gasteiger partial charge on any atom is -0.441 e. The number of hydrogen-bond acceptors (Lipinski definition) is 2. The van der Waals surface area contributed by atoms with Gasteiger partial charge in [-0.25, -0.2) is 4.79 Å². The lowest BCUT2D eigenvalue weighted by atomic mass is 9.95. The van der Waals surface area contributed by atoms with Gasteiger partial charge in [-0.2, -0.15) is 0 Å². The first kappa shape index (κ1) is 8.37. The lowest BCUT2D eigenvalue weighted by Crippen LogP contribution is -2.31. The van der Waals surface area contributed by atoms with Crippen LogP contribution in [0.1, 0.15) is 33.1 Å². The summed E-state index contributed by atoms with van der Waals surface area (Å²) in [5.74, 6) is 0. The molecule has 0 saturated carbocycles. The Kier molecular flexibility index (Phi) is 2.37. The van der Waals surface area contributed by atoms with Gasteiger partial charge in [-0.1, -0.05) is 20.3 Å². The Balaban J connectivity index is 2.54. The second kappa shape index (κ2) is 3.11. The summed E-state index contributed by atoms with van der Waals surface area (Å²) in [7, 11) is 0. The van der Waals surface area contributed by atoms with Crippen molar-refractivity contribution in [2.45, 2.75) is 38.7 Å². The molecule has 1 rings (SSSR count). The number of carbonyl (C=O) groups excluding carboxylic acids is 1. The lowest BCUT2D eigenvalue weighted by molar-refractivity contribution is 0.0458. The summed E-state index contributed by atoms with van der Waals surface area (Å²) >= 11 is 0. The van der Waals surface area contributed by atoms with Gasteiger partial charge in [0.05, 0.1) is 6.54 Å². The molecule has 11 heavy (non-hydrogen) atoms. The number of cyclic esters (lactones) is 1.